The molecule has 1 aliphatic carbocycles. The summed E-state index contributed by atoms with van der Waals surface area (Å²) in [5, 5.41) is 6.79. The van der Waals surface area contributed by atoms with Crippen LogP contribution in [0, 0.1) is 5.92 Å². The summed E-state index contributed by atoms with van der Waals surface area (Å²) in [4.78, 5) is 4.43. The van der Waals surface area contributed by atoms with E-state index in [1.165, 1.54) is 12.8 Å². The number of fused-ring (bicyclic) bond motifs is 1. The van der Waals surface area contributed by atoms with E-state index in [0.717, 1.165) is 32.1 Å². The molecule has 1 heterocycles. The molecule has 16 heavy (non-hydrogen) atoms. The Morgan fingerprint density at radius 1 is 1.44 bits per heavy atom. The molecule has 4 heteroatoms. The quantitative estimate of drug-likeness (QED) is 0.559. The van der Waals surface area contributed by atoms with Crippen molar-refractivity contribution >= 4 is 5.96 Å². The first kappa shape index (κ1) is 11.7. The first-order valence-corrected chi connectivity index (χ1v) is 6.51. The Balaban J connectivity index is 1.82. The molecule has 1 aliphatic heterocycles. The molecule has 2 aliphatic rings. The lowest BCUT2D eigenvalue weighted by molar-refractivity contribution is -0.0990. The van der Waals surface area contributed by atoms with E-state index < -0.39 is 0 Å². The average molecular weight is 225 g/mol. The molecule has 2 N–H and O–H groups in total. The minimum absolute atomic E-state index is 0.510. The minimum Gasteiger partial charge on any atom is -0.378 e. The van der Waals surface area contributed by atoms with Crippen molar-refractivity contribution in [1.29, 1.82) is 0 Å². The fourth-order valence-corrected chi connectivity index (χ4v) is 2.62. The Morgan fingerprint density at radius 2 is 2.31 bits per heavy atom. The Labute approximate surface area is 97.9 Å². The lowest BCUT2D eigenvalue weighted by atomic mass is 9.72. The standard InChI is InChI=1S/C12H23N3O/c1-3-13-12(14-4-2)15-10-8-11-9(10)6-5-7-16-11/h9-11H,3-8H2,1-2H3,(H2,13,14,15). The van der Waals surface area contributed by atoms with Crippen LogP contribution in [0.15, 0.2) is 4.99 Å². The molecule has 4 nitrogen and oxygen atoms in total. The van der Waals surface area contributed by atoms with Crippen LogP contribution in [0.2, 0.25) is 0 Å². The van der Waals surface area contributed by atoms with Crippen LogP contribution in [0.4, 0.5) is 0 Å². The summed E-state index contributed by atoms with van der Waals surface area (Å²) in [7, 11) is 0. The second-order valence-electron chi connectivity index (χ2n) is 4.56. The Hall–Kier alpha value is -0.770. The molecule has 0 radical (unpaired) electrons. The van der Waals surface area contributed by atoms with Gasteiger partial charge in [-0.2, -0.15) is 0 Å². The lowest BCUT2D eigenvalue weighted by Crippen LogP contribution is -2.59. The predicted molar refractivity (Wildman–Crippen MR) is 65.7 cm³/mol. The molecular weight excluding hydrogens is 202 g/mol. The van der Waals surface area contributed by atoms with Crippen molar-refractivity contribution in [2.75, 3.05) is 19.7 Å². The molecular formula is C12H23N3O. The molecule has 1 saturated heterocycles. The number of ether oxygens (including phenoxy) is 1. The van der Waals surface area contributed by atoms with Crippen molar-refractivity contribution < 1.29 is 4.74 Å². The fraction of sp³-hybridized carbons (Fsp3) is 0.917. The highest BCUT2D eigenvalue weighted by Gasteiger charge is 2.43. The third-order valence-corrected chi connectivity index (χ3v) is 3.48. The van der Waals surface area contributed by atoms with Crippen molar-refractivity contribution in [2.24, 2.45) is 10.9 Å². The maximum atomic E-state index is 5.71. The van der Waals surface area contributed by atoms with E-state index in [-0.39, 0.29) is 0 Å². The number of nitrogens with one attached hydrogen (secondary N) is 2. The molecule has 2 fully saturated rings. The number of guanidine groups is 1. The zero-order valence-corrected chi connectivity index (χ0v) is 10.3. The second kappa shape index (κ2) is 5.53. The van der Waals surface area contributed by atoms with Gasteiger partial charge in [0, 0.05) is 31.7 Å². The maximum absolute atomic E-state index is 5.71. The van der Waals surface area contributed by atoms with Gasteiger partial charge in [0.25, 0.3) is 0 Å². The molecule has 1 saturated carbocycles. The number of hydrogen-bond donors (Lipinski definition) is 2. The first-order valence-electron chi connectivity index (χ1n) is 6.51. The van der Waals surface area contributed by atoms with Crippen LogP contribution < -0.4 is 10.6 Å². The number of nitrogens with zero attached hydrogens (tertiary/aromatic N) is 1. The first-order chi connectivity index (χ1) is 7.85. The van der Waals surface area contributed by atoms with Gasteiger partial charge in [-0.15, -0.1) is 0 Å². The summed E-state index contributed by atoms with van der Waals surface area (Å²) in [6.45, 7) is 6.86. The monoisotopic (exact) mass is 225 g/mol. The van der Waals surface area contributed by atoms with Gasteiger partial charge in [0.2, 0.25) is 0 Å². The van der Waals surface area contributed by atoms with Crippen LogP contribution in [0.1, 0.15) is 33.1 Å². The van der Waals surface area contributed by atoms with Crippen LogP contribution in [-0.2, 0) is 4.74 Å². The summed E-state index contributed by atoms with van der Waals surface area (Å²) < 4.78 is 5.71. The average Bonchev–Trinajstić information content (AvgIpc) is 2.26. The molecule has 0 aromatic rings. The predicted octanol–water partition coefficient (Wildman–Crippen LogP) is 1.13. The van der Waals surface area contributed by atoms with Gasteiger partial charge in [-0.1, -0.05) is 0 Å². The van der Waals surface area contributed by atoms with Crippen molar-refractivity contribution in [3.05, 3.63) is 0 Å². The summed E-state index contributed by atoms with van der Waals surface area (Å²) in [6, 6.07) is 0.564. The van der Waals surface area contributed by atoms with Crippen LogP contribution >= 0.6 is 0 Å². The van der Waals surface area contributed by atoms with Crippen molar-refractivity contribution in [1.82, 2.24) is 10.6 Å². The third-order valence-electron chi connectivity index (χ3n) is 3.48. The zero-order chi connectivity index (χ0) is 11.4. The van der Waals surface area contributed by atoms with E-state index in [4.69, 9.17) is 4.74 Å². The Bertz CT molecular complexity index is 255. The number of hydrogen-bond acceptors (Lipinski definition) is 2. The number of rotatable bonds is 3. The van der Waals surface area contributed by atoms with Gasteiger partial charge < -0.3 is 15.4 Å². The van der Waals surface area contributed by atoms with Gasteiger partial charge in [0.15, 0.2) is 5.96 Å². The van der Waals surface area contributed by atoms with Crippen molar-refractivity contribution in [2.45, 2.75) is 45.3 Å². The molecule has 3 atom stereocenters. The van der Waals surface area contributed by atoms with Crippen LogP contribution in [0.5, 0.6) is 0 Å². The fourth-order valence-electron chi connectivity index (χ4n) is 2.62. The molecule has 0 bridgehead atoms. The van der Waals surface area contributed by atoms with Crippen molar-refractivity contribution in [3.63, 3.8) is 0 Å². The van der Waals surface area contributed by atoms with Crippen LogP contribution in [0.25, 0.3) is 0 Å². The van der Waals surface area contributed by atoms with Crippen LogP contribution in [-0.4, -0.2) is 37.8 Å². The summed E-state index contributed by atoms with van der Waals surface area (Å²) >= 11 is 0. The summed E-state index contributed by atoms with van der Waals surface area (Å²) in [5.74, 6) is 1.66. The molecule has 2 rings (SSSR count). The van der Waals surface area contributed by atoms with Gasteiger partial charge in [0.05, 0.1) is 6.10 Å². The highest BCUT2D eigenvalue weighted by molar-refractivity contribution is 5.80. The highest BCUT2D eigenvalue weighted by Crippen LogP contribution is 2.37. The van der Waals surface area contributed by atoms with Gasteiger partial charge in [-0.25, -0.2) is 0 Å². The lowest BCUT2D eigenvalue weighted by Gasteiger charge is -2.47. The molecule has 3 unspecified atom stereocenters. The SMILES string of the molecule is CCN=C(NCC)NC1CC2OCCCC12. The largest absolute Gasteiger partial charge is 0.378 e. The van der Waals surface area contributed by atoms with E-state index in [1.54, 1.807) is 0 Å². The van der Waals surface area contributed by atoms with Gasteiger partial charge in [0.1, 0.15) is 0 Å². The minimum atomic E-state index is 0.510. The topological polar surface area (TPSA) is 45.7 Å². The molecule has 92 valence electrons. The molecule has 0 aromatic carbocycles. The zero-order valence-electron chi connectivity index (χ0n) is 10.3. The Kier molecular flexibility index (Phi) is 4.04. The smallest absolute Gasteiger partial charge is 0.191 e. The third kappa shape index (κ3) is 2.48. The summed E-state index contributed by atoms with van der Waals surface area (Å²) in [5.41, 5.74) is 0. The van der Waals surface area contributed by atoms with E-state index >= 15 is 0 Å². The van der Waals surface area contributed by atoms with E-state index in [1.807, 2.05) is 0 Å². The maximum Gasteiger partial charge on any atom is 0.191 e. The van der Waals surface area contributed by atoms with Gasteiger partial charge in [-0.05, 0) is 33.1 Å². The van der Waals surface area contributed by atoms with Crippen LogP contribution in [0.3, 0.4) is 0 Å². The van der Waals surface area contributed by atoms with E-state index in [9.17, 15) is 0 Å². The van der Waals surface area contributed by atoms with E-state index in [2.05, 4.69) is 29.5 Å². The molecule has 0 aromatic heterocycles. The molecule has 0 amide bonds. The normalized spacial score (nSPS) is 33.9. The highest BCUT2D eigenvalue weighted by atomic mass is 16.5. The molecule has 0 spiro atoms. The Morgan fingerprint density at radius 3 is 3.00 bits per heavy atom. The van der Waals surface area contributed by atoms with Gasteiger partial charge >= 0.3 is 0 Å². The van der Waals surface area contributed by atoms with Gasteiger partial charge in [-0.3, -0.25) is 4.99 Å². The van der Waals surface area contributed by atoms with E-state index in [0.29, 0.717) is 18.1 Å². The van der Waals surface area contributed by atoms with Crippen molar-refractivity contribution in [3.8, 4) is 0 Å². The second-order valence-corrected chi connectivity index (χ2v) is 4.56. The summed E-state index contributed by atoms with van der Waals surface area (Å²) in [6.07, 6.45) is 4.16. The number of aliphatic imine (C=N–C) groups is 1.